The molecule has 0 unspecified atom stereocenters. The highest BCUT2D eigenvalue weighted by Gasteiger charge is 2.02. The average Bonchev–Trinajstić information content (AvgIpc) is 2.09. The SMILES string of the molecule is N#CCC(=O)Nc1ccccc1N. The Morgan fingerprint density at radius 2 is 2.23 bits per heavy atom. The van der Waals surface area contributed by atoms with Gasteiger partial charge in [0, 0.05) is 0 Å². The van der Waals surface area contributed by atoms with E-state index in [1.54, 1.807) is 30.3 Å². The molecule has 0 atom stereocenters. The van der Waals surface area contributed by atoms with Gasteiger partial charge >= 0.3 is 0 Å². The zero-order chi connectivity index (χ0) is 9.68. The van der Waals surface area contributed by atoms with Crippen LogP contribution in [-0.2, 0) is 4.79 Å². The summed E-state index contributed by atoms with van der Waals surface area (Å²) in [5.74, 6) is -0.347. The van der Waals surface area contributed by atoms with E-state index in [1.165, 1.54) is 0 Å². The van der Waals surface area contributed by atoms with Crippen LogP contribution in [0, 0.1) is 11.3 Å². The van der Waals surface area contributed by atoms with Gasteiger partial charge in [-0.05, 0) is 12.1 Å². The summed E-state index contributed by atoms with van der Waals surface area (Å²) in [6, 6.07) is 8.66. The molecule has 0 aliphatic rings. The van der Waals surface area contributed by atoms with Crippen molar-refractivity contribution in [3.05, 3.63) is 24.3 Å². The first kappa shape index (κ1) is 9.07. The molecule has 0 aromatic heterocycles. The lowest BCUT2D eigenvalue weighted by atomic mass is 10.2. The fraction of sp³-hybridized carbons (Fsp3) is 0.111. The van der Waals surface area contributed by atoms with Gasteiger partial charge in [0.25, 0.3) is 0 Å². The van der Waals surface area contributed by atoms with Crippen LogP contribution in [0.1, 0.15) is 6.42 Å². The van der Waals surface area contributed by atoms with Crippen LogP contribution in [0.5, 0.6) is 0 Å². The van der Waals surface area contributed by atoms with E-state index in [2.05, 4.69) is 5.32 Å². The fourth-order valence-electron chi connectivity index (χ4n) is 0.877. The number of nitrogens with one attached hydrogen (secondary N) is 1. The molecule has 1 aromatic rings. The number of amides is 1. The third-order valence-electron chi connectivity index (χ3n) is 1.47. The van der Waals surface area contributed by atoms with Gasteiger partial charge in [0.05, 0.1) is 17.4 Å². The molecule has 3 N–H and O–H groups in total. The summed E-state index contributed by atoms with van der Waals surface area (Å²) in [6.45, 7) is 0. The number of hydrogen-bond acceptors (Lipinski definition) is 3. The molecule has 0 radical (unpaired) electrons. The van der Waals surface area contributed by atoms with E-state index in [-0.39, 0.29) is 12.3 Å². The second-order valence-electron chi connectivity index (χ2n) is 2.47. The number of nitrogens with two attached hydrogens (primary N) is 1. The van der Waals surface area contributed by atoms with E-state index >= 15 is 0 Å². The zero-order valence-electron chi connectivity index (χ0n) is 6.95. The van der Waals surface area contributed by atoms with Crippen molar-refractivity contribution in [2.45, 2.75) is 6.42 Å². The van der Waals surface area contributed by atoms with Gasteiger partial charge in [0.1, 0.15) is 6.42 Å². The van der Waals surface area contributed by atoms with Crippen molar-refractivity contribution < 1.29 is 4.79 Å². The Bertz CT molecular complexity index is 354. The van der Waals surface area contributed by atoms with Crippen LogP contribution in [0.15, 0.2) is 24.3 Å². The molecule has 0 saturated heterocycles. The summed E-state index contributed by atoms with van der Waals surface area (Å²) in [5, 5.41) is 10.8. The zero-order valence-corrected chi connectivity index (χ0v) is 6.95. The summed E-state index contributed by atoms with van der Waals surface area (Å²) in [4.78, 5) is 11.0. The lowest BCUT2D eigenvalue weighted by Gasteiger charge is -2.04. The number of nitrogen functional groups attached to an aromatic ring is 1. The van der Waals surface area contributed by atoms with Crippen molar-refractivity contribution in [1.29, 1.82) is 5.26 Å². The Kier molecular flexibility index (Phi) is 2.87. The smallest absolute Gasteiger partial charge is 0.238 e. The van der Waals surface area contributed by atoms with Crippen molar-refractivity contribution in [1.82, 2.24) is 0 Å². The maximum absolute atomic E-state index is 11.0. The highest BCUT2D eigenvalue weighted by Crippen LogP contribution is 2.16. The minimum atomic E-state index is -0.347. The van der Waals surface area contributed by atoms with Gasteiger partial charge < -0.3 is 11.1 Å². The van der Waals surface area contributed by atoms with Crippen molar-refractivity contribution in [2.24, 2.45) is 0 Å². The standard InChI is InChI=1S/C9H9N3O/c10-6-5-9(13)12-8-4-2-1-3-7(8)11/h1-4H,5,11H2,(H,12,13). The highest BCUT2D eigenvalue weighted by atomic mass is 16.1. The summed E-state index contributed by atoms with van der Waals surface area (Å²) in [6.07, 6.45) is -0.158. The first-order valence-corrected chi connectivity index (χ1v) is 3.75. The molecule has 1 amide bonds. The molecule has 4 heteroatoms. The Balaban J connectivity index is 2.70. The van der Waals surface area contributed by atoms with E-state index in [0.717, 1.165) is 0 Å². The summed E-state index contributed by atoms with van der Waals surface area (Å²) in [5.41, 5.74) is 6.61. The van der Waals surface area contributed by atoms with Gasteiger partial charge in [-0.3, -0.25) is 4.79 Å². The fourth-order valence-corrected chi connectivity index (χ4v) is 0.877. The summed E-state index contributed by atoms with van der Waals surface area (Å²) >= 11 is 0. The molecule has 0 spiro atoms. The monoisotopic (exact) mass is 175 g/mol. The number of benzene rings is 1. The van der Waals surface area contributed by atoms with Crippen LogP contribution >= 0.6 is 0 Å². The van der Waals surface area contributed by atoms with Gasteiger partial charge in [-0.2, -0.15) is 5.26 Å². The molecule has 0 aliphatic heterocycles. The lowest BCUT2D eigenvalue weighted by molar-refractivity contribution is -0.115. The lowest BCUT2D eigenvalue weighted by Crippen LogP contribution is -2.11. The molecular formula is C9H9N3O. The van der Waals surface area contributed by atoms with Gasteiger partial charge in [-0.15, -0.1) is 0 Å². The number of anilines is 2. The van der Waals surface area contributed by atoms with Crippen LogP contribution in [0.4, 0.5) is 11.4 Å². The Morgan fingerprint density at radius 1 is 1.54 bits per heavy atom. The quantitative estimate of drug-likeness (QED) is 0.661. The average molecular weight is 175 g/mol. The maximum atomic E-state index is 11.0. The largest absolute Gasteiger partial charge is 0.397 e. The molecule has 66 valence electrons. The number of carbonyl (C=O) groups excluding carboxylic acids is 1. The van der Waals surface area contributed by atoms with E-state index in [4.69, 9.17) is 11.0 Å². The van der Waals surface area contributed by atoms with Gasteiger partial charge in [-0.25, -0.2) is 0 Å². The minimum Gasteiger partial charge on any atom is -0.397 e. The number of nitrogens with zero attached hydrogens (tertiary/aromatic N) is 1. The molecule has 1 aromatic carbocycles. The first-order chi connectivity index (χ1) is 6.24. The van der Waals surface area contributed by atoms with E-state index in [1.807, 2.05) is 0 Å². The summed E-state index contributed by atoms with van der Waals surface area (Å²) < 4.78 is 0. The molecule has 0 bridgehead atoms. The van der Waals surface area contributed by atoms with Crippen LogP contribution in [0.3, 0.4) is 0 Å². The van der Waals surface area contributed by atoms with Crippen molar-refractivity contribution in [2.75, 3.05) is 11.1 Å². The van der Waals surface area contributed by atoms with Gasteiger partial charge in [0.15, 0.2) is 0 Å². The van der Waals surface area contributed by atoms with Gasteiger partial charge in [0.2, 0.25) is 5.91 Å². The van der Waals surface area contributed by atoms with Crippen LogP contribution in [0.25, 0.3) is 0 Å². The number of carbonyl (C=O) groups is 1. The first-order valence-electron chi connectivity index (χ1n) is 3.75. The normalized spacial score (nSPS) is 8.85. The molecule has 4 nitrogen and oxygen atoms in total. The van der Waals surface area contributed by atoms with Gasteiger partial charge in [-0.1, -0.05) is 12.1 Å². The molecule has 0 heterocycles. The number of para-hydroxylation sites is 2. The van der Waals surface area contributed by atoms with E-state index in [0.29, 0.717) is 11.4 Å². The molecule has 0 fully saturated rings. The van der Waals surface area contributed by atoms with Crippen LogP contribution < -0.4 is 11.1 Å². The molecule has 0 aliphatic carbocycles. The van der Waals surface area contributed by atoms with Crippen LogP contribution in [-0.4, -0.2) is 5.91 Å². The van der Waals surface area contributed by atoms with Crippen LogP contribution in [0.2, 0.25) is 0 Å². The number of rotatable bonds is 2. The van der Waals surface area contributed by atoms with E-state index in [9.17, 15) is 4.79 Å². The highest BCUT2D eigenvalue weighted by molar-refractivity contribution is 5.94. The third kappa shape index (κ3) is 2.49. The number of hydrogen-bond donors (Lipinski definition) is 2. The third-order valence-corrected chi connectivity index (χ3v) is 1.47. The second kappa shape index (κ2) is 4.12. The molecule has 13 heavy (non-hydrogen) atoms. The summed E-state index contributed by atoms with van der Waals surface area (Å²) in [7, 11) is 0. The Hall–Kier alpha value is -2.02. The van der Waals surface area contributed by atoms with Crippen molar-refractivity contribution >= 4 is 17.3 Å². The maximum Gasteiger partial charge on any atom is 0.238 e. The van der Waals surface area contributed by atoms with Crippen molar-refractivity contribution in [3.63, 3.8) is 0 Å². The van der Waals surface area contributed by atoms with Crippen molar-refractivity contribution in [3.8, 4) is 6.07 Å². The Morgan fingerprint density at radius 3 is 2.85 bits per heavy atom. The second-order valence-corrected chi connectivity index (χ2v) is 2.47. The predicted octanol–water partition coefficient (Wildman–Crippen LogP) is 1.12. The number of nitriles is 1. The molecule has 1 rings (SSSR count). The Labute approximate surface area is 76.0 Å². The topological polar surface area (TPSA) is 78.9 Å². The van der Waals surface area contributed by atoms with E-state index < -0.39 is 0 Å². The molecule has 0 saturated carbocycles. The predicted molar refractivity (Wildman–Crippen MR) is 49.7 cm³/mol. The molecular weight excluding hydrogens is 166 g/mol. The minimum absolute atomic E-state index is 0.158.